The Morgan fingerprint density at radius 1 is 1.17 bits per heavy atom. The van der Waals surface area contributed by atoms with Gasteiger partial charge in [-0.25, -0.2) is 9.18 Å². The average Bonchev–Trinajstić information content (AvgIpc) is 3.23. The van der Waals surface area contributed by atoms with E-state index >= 15 is 0 Å². The first-order valence-corrected chi connectivity index (χ1v) is 10.5. The summed E-state index contributed by atoms with van der Waals surface area (Å²) in [7, 11) is 0. The molecule has 0 saturated carbocycles. The number of carbonyl (C=O) groups excluding carboxylic acids is 2. The first-order valence-electron chi connectivity index (χ1n) is 9.54. The molecule has 0 radical (unpaired) electrons. The molecule has 2 aromatic rings. The number of ether oxygens (including phenoxy) is 2. The van der Waals surface area contributed by atoms with Crippen LogP contribution in [0, 0.1) is 5.82 Å². The van der Waals surface area contributed by atoms with Crippen molar-refractivity contribution in [1.82, 2.24) is 20.0 Å². The Morgan fingerprint density at radius 3 is 2.50 bits per heavy atom. The van der Waals surface area contributed by atoms with Crippen LogP contribution in [0.3, 0.4) is 0 Å². The number of thioether (sulfide) groups is 1. The molecule has 2 heterocycles. The maximum atomic E-state index is 13.0. The molecule has 1 aliphatic heterocycles. The van der Waals surface area contributed by atoms with Gasteiger partial charge in [0.25, 0.3) is 11.1 Å². The minimum atomic E-state index is -0.524. The Morgan fingerprint density at radius 2 is 1.83 bits per heavy atom. The van der Waals surface area contributed by atoms with Gasteiger partial charge in [0.1, 0.15) is 11.6 Å². The van der Waals surface area contributed by atoms with Crippen molar-refractivity contribution in [1.29, 1.82) is 0 Å². The highest BCUT2D eigenvalue weighted by Gasteiger charge is 2.25. The van der Waals surface area contributed by atoms with Crippen LogP contribution in [0.15, 0.2) is 33.9 Å². The van der Waals surface area contributed by atoms with E-state index in [2.05, 4.69) is 10.2 Å². The molecule has 30 heavy (non-hydrogen) atoms. The van der Waals surface area contributed by atoms with Gasteiger partial charge in [0.2, 0.25) is 5.91 Å². The third kappa shape index (κ3) is 5.85. The monoisotopic (exact) mass is 438 g/mol. The van der Waals surface area contributed by atoms with Crippen LogP contribution in [0.5, 0.6) is 5.75 Å². The van der Waals surface area contributed by atoms with Crippen molar-refractivity contribution >= 4 is 23.8 Å². The molecule has 1 aliphatic rings. The lowest BCUT2D eigenvalue weighted by atomic mass is 10.3. The van der Waals surface area contributed by atoms with Crippen LogP contribution < -0.4 is 4.74 Å². The van der Waals surface area contributed by atoms with Gasteiger partial charge < -0.3 is 23.7 Å². The normalized spacial score (nSPS) is 15.0. The van der Waals surface area contributed by atoms with Gasteiger partial charge in [-0.2, -0.15) is 0 Å². The maximum Gasteiger partial charge on any atom is 0.409 e. The molecular weight excluding hydrogens is 415 g/mol. The number of aromatic nitrogens is 2. The molecule has 1 saturated heterocycles. The lowest BCUT2D eigenvalue weighted by Gasteiger charge is -2.33. The third-order valence-electron chi connectivity index (χ3n) is 4.37. The molecule has 11 heteroatoms. The predicted octanol–water partition coefficient (Wildman–Crippen LogP) is 2.74. The average molecular weight is 438 g/mol. The number of nitrogens with zero attached hydrogens (tertiary/aromatic N) is 4. The number of benzene rings is 1. The zero-order chi connectivity index (χ0) is 21.5. The van der Waals surface area contributed by atoms with Gasteiger partial charge in [-0.15, -0.1) is 10.2 Å². The van der Waals surface area contributed by atoms with Crippen molar-refractivity contribution in [2.24, 2.45) is 0 Å². The summed E-state index contributed by atoms with van der Waals surface area (Å²) in [4.78, 5) is 27.4. The number of halogens is 1. The molecule has 0 spiro atoms. The standard InChI is InChI=1S/C19H23FN4O5S/c1-3-27-19(26)24-10-8-23(9-11-24)16(25)12-30-18-22-21-17(29-18)13(2)28-15-6-4-14(20)5-7-15/h4-7,13H,3,8-12H2,1-2H3/t13-/m0/s1. The highest BCUT2D eigenvalue weighted by molar-refractivity contribution is 7.99. The van der Waals surface area contributed by atoms with Crippen molar-refractivity contribution in [2.75, 3.05) is 38.5 Å². The van der Waals surface area contributed by atoms with Gasteiger partial charge in [0.15, 0.2) is 6.10 Å². The molecule has 0 bridgehead atoms. The second kappa shape index (κ2) is 10.3. The van der Waals surface area contributed by atoms with Crippen LogP contribution in [-0.4, -0.2) is 70.5 Å². The fraction of sp³-hybridized carbons (Fsp3) is 0.474. The molecule has 1 aromatic carbocycles. The molecule has 1 fully saturated rings. The Labute approximate surface area is 177 Å². The van der Waals surface area contributed by atoms with E-state index < -0.39 is 6.10 Å². The number of carbonyl (C=O) groups is 2. The van der Waals surface area contributed by atoms with E-state index in [-0.39, 0.29) is 34.7 Å². The molecule has 3 rings (SSSR count). The Bertz CT molecular complexity index is 855. The summed E-state index contributed by atoms with van der Waals surface area (Å²) < 4.78 is 29.1. The van der Waals surface area contributed by atoms with E-state index in [9.17, 15) is 14.0 Å². The lowest BCUT2D eigenvalue weighted by Crippen LogP contribution is -2.51. The van der Waals surface area contributed by atoms with Gasteiger partial charge in [0.05, 0.1) is 12.4 Å². The Balaban J connectivity index is 1.44. The summed E-state index contributed by atoms with van der Waals surface area (Å²) in [6.07, 6.45) is -0.877. The number of hydrogen-bond donors (Lipinski definition) is 0. The fourth-order valence-corrected chi connectivity index (χ4v) is 3.45. The summed E-state index contributed by atoms with van der Waals surface area (Å²) in [6, 6.07) is 5.63. The Kier molecular flexibility index (Phi) is 7.50. The van der Waals surface area contributed by atoms with E-state index in [0.29, 0.717) is 38.5 Å². The third-order valence-corrected chi connectivity index (χ3v) is 5.18. The minimum absolute atomic E-state index is 0.0705. The molecule has 0 aliphatic carbocycles. The fourth-order valence-electron chi connectivity index (χ4n) is 2.78. The number of piperazine rings is 1. The van der Waals surface area contributed by atoms with Crippen molar-refractivity contribution in [2.45, 2.75) is 25.2 Å². The van der Waals surface area contributed by atoms with Crippen LogP contribution in [-0.2, 0) is 9.53 Å². The second-order valence-electron chi connectivity index (χ2n) is 6.48. The second-order valence-corrected chi connectivity index (χ2v) is 7.40. The smallest absolute Gasteiger partial charge is 0.409 e. The largest absolute Gasteiger partial charge is 0.481 e. The van der Waals surface area contributed by atoms with Crippen LogP contribution >= 0.6 is 11.8 Å². The maximum absolute atomic E-state index is 13.0. The van der Waals surface area contributed by atoms with Crippen LogP contribution in [0.25, 0.3) is 0 Å². The zero-order valence-electron chi connectivity index (χ0n) is 16.7. The van der Waals surface area contributed by atoms with E-state index in [0.717, 1.165) is 11.8 Å². The molecular formula is C19H23FN4O5S. The zero-order valence-corrected chi connectivity index (χ0v) is 17.6. The molecule has 162 valence electrons. The summed E-state index contributed by atoms with van der Waals surface area (Å²) in [5.41, 5.74) is 0. The predicted molar refractivity (Wildman–Crippen MR) is 106 cm³/mol. The highest BCUT2D eigenvalue weighted by Crippen LogP contribution is 2.24. The first kappa shape index (κ1) is 21.9. The molecule has 2 amide bonds. The van der Waals surface area contributed by atoms with Gasteiger partial charge in [0, 0.05) is 26.2 Å². The van der Waals surface area contributed by atoms with E-state index in [4.69, 9.17) is 13.9 Å². The van der Waals surface area contributed by atoms with Crippen molar-refractivity contribution < 1.29 is 27.9 Å². The highest BCUT2D eigenvalue weighted by atomic mass is 32.2. The van der Waals surface area contributed by atoms with Gasteiger partial charge in [-0.1, -0.05) is 11.8 Å². The van der Waals surface area contributed by atoms with Crippen molar-refractivity contribution in [3.8, 4) is 5.75 Å². The molecule has 1 atom stereocenters. The number of hydrogen-bond acceptors (Lipinski definition) is 8. The Hall–Kier alpha value is -2.82. The molecule has 0 unspecified atom stereocenters. The first-order chi connectivity index (χ1) is 14.5. The quantitative estimate of drug-likeness (QED) is 0.609. The summed E-state index contributed by atoms with van der Waals surface area (Å²) in [5, 5.41) is 8.14. The summed E-state index contributed by atoms with van der Waals surface area (Å²) >= 11 is 1.14. The molecule has 9 nitrogen and oxygen atoms in total. The minimum Gasteiger partial charge on any atom is -0.481 e. The SMILES string of the molecule is CCOC(=O)N1CCN(C(=O)CSc2nnc([C@H](C)Oc3ccc(F)cc3)o2)CC1. The van der Waals surface area contributed by atoms with E-state index in [1.807, 2.05) is 0 Å². The van der Waals surface area contributed by atoms with Crippen LogP contribution in [0.1, 0.15) is 25.8 Å². The summed E-state index contributed by atoms with van der Waals surface area (Å²) in [6.45, 7) is 5.61. The van der Waals surface area contributed by atoms with Gasteiger partial charge in [-0.3, -0.25) is 4.79 Å². The van der Waals surface area contributed by atoms with Gasteiger partial charge >= 0.3 is 6.09 Å². The van der Waals surface area contributed by atoms with Crippen molar-refractivity contribution in [3.05, 3.63) is 36.0 Å². The van der Waals surface area contributed by atoms with E-state index in [1.165, 1.54) is 24.3 Å². The van der Waals surface area contributed by atoms with Crippen LogP contribution in [0.2, 0.25) is 0 Å². The van der Waals surface area contributed by atoms with E-state index in [1.54, 1.807) is 23.6 Å². The topological polar surface area (TPSA) is 98.0 Å². The number of amides is 2. The molecule has 0 N–H and O–H groups in total. The van der Waals surface area contributed by atoms with Gasteiger partial charge in [-0.05, 0) is 38.1 Å². The molecule has 1 aromatic heterocycles. The lowest BCUT2D eigenvalue weighted by molar-refractivity contribution is -0.129. The van der Waals surface area contributed by atoms with Crippen LogP contribution in [0.4, 0.5) is 9.18 Å². The summed E-state index contributed by atoms with van der Waals surface area (Å²) in [5.74, 6) is 0.469. The van der Waals surface area contributed by atoms with Crippen molar-refractivity contribution in [3.63, 3.8) is 0 Å². The number of rotatable bonds is 7.